The van der Waals surface area contributed by atoms with Crippen LogP contribution >= 0.6 is 0 Å². The number of likely N-dealkylation sites (tertiary alicyclic amines) is 1. The van der Waals surface area contributed by atoms with Crippen LogP contribution in [0.3, 0.4) is 0 Å². The zero-order valence-electron chi connectivity index (χ0n) is 14.8. The normalized spacial score (nSPS) is 17.1. The Labute approximate surface area is 147 Å². The summed E-state index contributed by atoms with van der Waals surface area (Å²) < 4.78 is 0. The Hall–Kier alpha value is -2.61. The number of aryl methyl sites for hydroxylation is 1. The molecule has 1 N–H and O–H groups in total. The first-order valence-corrected chi connectivity index (χ1v) is 8.37. The third kappa shape index (κ3) is 4.27. The Morgan fingerprint density at radius 3 is 2.80 bits per heavy atom. The fraction of sp³-hybridized carbons (Fsp3) is 0.471. The lowest BCUT2D eigenvalue weighted by molar-refractivity contribution is -0.132. The van der Waals surface area contributed by atoms with Gasteiger partial charge in [-0.15, -0.1) is 0 Å². The molecule has 2 aromatic heterocycles. The Morgan fingerprint density at radius 2 is 2.08 bits per heavy atom. The van der Waals surface area contributed by atoms with Crippen molar-refractivity contribution in [3.63, 3.8) is 0 Å². The molecular formula is C17H23N7O. The van der Waals surface area contributed by atoms with Crippen molar-refractivity contribution in [2.75, 3.05) is 32.5 Å². The summed E-state index contributed by atoms with van der Waals surface area (Å²) in [5, 5.41) is 3.10. The first-order chi connectivity index (χ1) is 12.0. The molecular weight excluding hydrogens is 318 g/mol. The van der Waals surface area contributed by atoms with Crippen LogP contribution in [0.5, 0.6) is 0 Å². The third-order valence-electron chi connectivity index (χ3n) is 4.00. The van der Waals surface area contributed by atoms with Crippen LogP contribution in [-0.4, -0.2) is 62.8 Å². The predicted octanol–water partition coefficient (Wildman–Crippen LogP) is 1.54. The van der Waals surface area contributed by atoms with E-state index in [9.17, 15) is 4.79 Å². The average molecular weight is 341 g/mol. The minimum atomic E-state index is -0.0791. The molecule has 1 aliphatic rings. The van der Waals surface area contributed by atoms with Gasteiger partial charge in [0.25, 0.3) is 0 Å². The van der Waals surface area contributed by atoms with Crippen molar-refractivity contribution in [2.24, 2.45) is 0 Å². The zero-order valence-corrected chi connectivity index (χ0v) is 14.8. The highest BCUT2D eigenvalue weighted by Crippen LogP contribution is 2.30. The molecule has 132 valence electrons. The quantitative estimate of drug-likeness (QED) is 0.882. The van der Waals surface area contributed by atoms with Crippen LogP contribution in [0, 0.1) is 6.92 Å². The van der Waals surface area contributed by atoms with Gasteiger partial charge in [-0.05, 0) is 39.9 Å². The lowest BCUT2D eigenvalue weighted by Gasteiger charge is -2.25. The van der Waals surface area contributed by atoms with Gasteiger partial charge < -0.3 is 15.1 Å². The number of nitrogens with zero attached hydrogens (tertiary/aromatic N) is 6. The zero-order chi connectivity index (χ0) is 17.8. The summed E-state index contributed by atoms with van der Waals surface area (Å²) in [7, 11) is 3.79. The van der Waals surface area contributed by atoms with Gasteiger partial charge in [-0.25, -0.2) is 19.9 Å². The second-order valence-electron chi connectivity index (χ2n) is 6.43. The van der Waals surface area contributed by atoms with Gasteiger partial charge >= 0.3 is 0 Å². The van der Waals surface area contributed by atoms with Crippen LogP contribution in [0.25, 0.3) is 0 Å². The van der Waals surface area contributed by atoms with E-state index in [1.165, 1.54) is 0 Å². The van der Waals surface area contributed by atoms with Crippen LogP contribution < -0.4 is 5.32 Å². The molecule has 1 amide bonds. The number of carbonyl (C=O) groups excluding carboxylic acids is 1. The van der Waals surface area contributed by atoms with E-state index < -0.39 is 0 Å². The molecule has 0 aliphatic carbocycles. The maximum Gasteiger partial charge on any atom is 0.237 e. The molecule has 3 rings (SSSR count). The summed E-state index contributed by atoms with van der Waals surface area (Å²) in [6, 6.07) is 3.53. The van der Waals surface area contributed by atoms with E-state index in [1.807, 2.05) is 36.9 Å². The Morgan fingerprint density at radius 1 is 1.32 bits per heavy atom. The number of anilines is 2. The summed E-state index contributed by atoms with van der Waals surface area (Å²) >= 11 is 0. The lowest BCUT2D eigenvalue weighted by Crippen LogP contribution is -2.37. The number of likely N-dealkylation sites (N-methyl/N-ethyl adjacent to an activating group) is 1. The van der Waals surface area contributed by atoms with Gasteiger partial charge in [0.1, 0.15) is 5.82 Å². The van der Waals surface area contributed by atoms with Crippen LogP contribution in [0.15, 0.2) is 24.5 Å². The van der Waals surface area contributed by atoms with Crippen molar-refractivity contribution < 1.29 is 4.79 Å². The molecule has 1 aliphatic heterocycles. The number of rotatable bonds is 5. The van der Waals surface area contributed by atoms with Crippen LogP contribution in [-0.2, 0) is 4.79 Å². The molecule has 0 radical (unpaired) electrons. The van der Waals surface area contributed by atoms with Crippen molar-refractivity contribution >= 4 is 17.7 Å². The number of amides is 1. The molecule has 25 heavy (non-hydrogen) atoms. The minimum absolute atomic E-state index is 0.0791. The summed E-state index contributed by atoms with van der Waals surface area (Å²) in [5.41, 5.74) is 0.843. The summed E-state index contributed by atoms with van der Waals surface area (Å²) in [6.45, 7) is 3.06. The van der Waals surface area contributed by atoms with E-state index in [0.717, 1.165) is 25.1 Å². The smallest absolute Gasteiger partial charge is 0.237 e. The molecule has 2 aromatic rings. The first-order valence-electron chi connectivity index (χ1n) is 8.37. The van der Waals surface area contributed by atoms with E-state index in [-0.39, 0.29) is 11.9 Å². The lowest BCUT2D eigenvalue weighted by atomic mass is 10.2. The van der Waals surface area contributed by atoms with Crippen molar-refractivity contribution in [1.29, 1.82) is 0 Å². The maximum absolute atomic E-state index is 12.5. The molecule has 1 saturated heterocycles. The van der Waals surface area contributed by atoms with Gasteiger partial charge in [0, 0.05) is 30.7 Å². The number of carbonyl (C=O) groups is 1. The molecule has 0 saturated carbocycles. The summed E-state index contributed by atoms with van der Waals surface area (Å²) in [4.78, 5) is 33.8. The largest absolute Gasteiger partial charge is 0.331 e. The molecule has 1 atom stereocenters. The molecule has 3 heterocycles. The molecule has 0 spiro atoms. The van der Waals surface area contributed by atoms with Crippen LogP contribution in [0.1, 0.15) is 30.4 Å². The van der Waals surface area contributed by atoms with Gasteiger partial charge in [-0.1, -0.05) is 0 Å². The molecule has 0 aromatic carbocycles. The number of hydrogen-bond acceptors (Lipinski definition) is 7. The third-order valence-corrected chi connectivity index (χ3v) is 4.00. The second kappa shape index (κ2) is 7.52. The highest BCUT2D eigenvalue weighted by molar-refractivity contribution is 5.79. The van der Waals surface area contributed by atoms with Gasteiger partial charge in [0.05, 0.1) is 12.6 Å². The van der Waals surface area contributed by atoms with Gasteiger partial charge in [-0.3, -0.25) is 4.79 Å². The topological polar surface area (TPSA) is 87.1 Å². The fourth-order valence-electron chi connectivity index (χ4n) is 2.98. The van der Waals surface area contributed by atoms with Crippen molar-refractivity contribution in [3.05, 3.63) is 36.0 Å². The van der Waals surface area contributed by atoms with E-state index in [1.54, 1.807) is 18.5 Å². The fourth-order valence-corrected chi connectivity index (χ4v) is 2.98. The van der Waals surface area contributed by atoms with E-state index >= 15 is 0 Å². The Bertz CT molecular complexity index is 735. The maximum atomic E-state index is 12.5. The Balaban J connectivity index is 1.82. The highest BCUT2D eigenvalue weighted by atomic mass is 16.2. The predicted molar refractivity (Wildman–Crippen MR) is 94.3 cm³/mol. The van der Waals surface area contributed by atoms with Crippen molar-refractivity contribution in [2.45, 2.75) is 25.8 Å². The van der Waals surface area contributed by atoms with Crippen LogP contribution in [0.2, 0.25) is 0 Å². The summed E-state index contributed by atoms with van der Waals surface area (Å²) in [5.74, 6) is 1.90. The molecule has 0 bridgehead atoms. The monoisotopic (exact) mass is 341 g/mol. The number of aromatic nitrogens is 4. The SMILES string of the molecule is Cc1cc(Nc2ncccn2)nc([C@@H]2CCCN2C(=O)CN(C)C)n1. The van der Waals surface area contributed by atoms with E-state index in [0.29, 0.717) is 24.1 Å². The van der Waals surface area contributed by atoms with E-state index in [4.69, 9.17) is 0 Å². The molecule has 0 unspecified atom stereocenters. The van der Waals surface area contributed by atoms with Crippen LogP contribution in [0.4, 0.5) is 11.8 Å². The first kappa shape index (κ1) is 17.2. The Kier molecular flexibility index (Phi) is 5.18. The van der Waals surface area contributed by atoms with Gasteiger partial charge in [0.2, 0.25) is 11.9 Å². The molecule has 8 heteroatoms. The standard InChI is InChI=1S/C17H23N7O/c1-12-10-14(22-17-18-7-5-8-19-17)21-16(20-12)13-6-4-9-24(13)15(25)11-23(2)3/h5,7-8,10,13H,4,6,9,11H2,1-3H3,(H,18,19,20,21,22)/t13-/m0/s1. The second-order valence-corrected chi connectivity index (χ2v) is 6.43. The molecule has 8 nitrogen and oxygen atoms in total. The van der Waals surface area contributed by atoms with E-state index in [2.05, 4.69) is 25.3 Å². The average Bonchev–Trinajstić information content (AvgIpc) is 3.04. The number of nitrogens with one attached hydrogen (secondary N) is 1. The minimum Gasteiger partial charge on any atom is -0.331 e. The van der Waals surface area contributed by atoms with Crippen molar-refractivity contribution in [3.8, 4) is 0 Å². The van der Waals surface area contributed by atoms with Gasteiger partial charge in [-0.2, -0.15) is 0 Å². The van der Waals surface area contributed by atoms with Crippen molar-refractivity contribution in [1.82, 2.24) is 29.7 Å². The molecule has 1 fully saturated rings. The highest BCUT2D eigenvalue weighted by Gasteiger charge is 2.32. The summed E-state index contributed by atoms with van der Waals surface area (Å²) in [6.07, 6.45) is 5.18. The van der Waals surface area contributed by atoms with Gasteiger partial charge in [0.15, 0.2) is 5.82 Å². The number of hydrogen-bond donors (Lipinski definition) is 1.